The third-order valence-corrected chi connectivity index (χ3v) is 2.12. The van der Waals surface area contributed by atoms with E-state index in [0.29, 0.717) is 18.2 Å². The number of ether oxygens (including phenoxy) is 1. The van der Waals surface area contributed by atoms with Gasteiger partial charge >= 0.3 is 5.97 Å². The Balaban J connectivity index is 2.85. The Morgan fingerprint density at radius 2 is 2.33 bits per heavy atom. The van der Waals surface area contributed by atoms with Crippen LogP contribution in [0.5, 0.6) is 0 Å². The molecule has 0 aromatic carbocycles. The number of nitrogens with two attached hydrogens (primary N) is 1. The molecule has 1 heterocycles. The molecule has 0 aliphatic heterocycles. The van der Waals surface area contributed by atoms with Crippen molar-refractivity contribution in [1.29, 1.82) is 0 Å². The fourth-order valence-electron chi connectivity index (χ4n) is 1.42. The summed E-state index contributed by atoms with van der Waals surface area (Å²) in [6.07, 6.45) is 2.38. The van der Waals surface area contributed by atoms with Crippen LogP contribution < -0.4 is 5.73 Å². The van der Waals surface area contributed by atoms with E-state index in [1.54, 1.807) is 16.9 Å². The average molecular weight is 211 g/mol. The first-order valence-corrected chi connectivity index (χ1v) is 4.93. The molecule has 5 nitrogen and oxygen atoms in total. The Bertz CT molecular complexity index is 333. The van der Waals surface area contributed by atoms with Crippen LogP contribution in [0, 0.1) is 5.92 Å². The van der Waals surface area contributed by atoms with Crippen molar-refractivity contribution < 1.29 is 9.53 Å². The molecule has 1 aromatic heterocycles. The summed E-state index contributed by atoms with van der Waals surface area (Å²) < 4.78 is 6.29. The van der Waals surface area contributed by atoms with Gasteiger partial charge in [0.25, 0.3) is 0 Å². The summed E-state index contributed by atoms with van der Waals surface area (Å²) in [4.78, 5) is 11.5. The number of nitrogen functional groups attached to an aromatic ring is 1. The number of nitrogens with zero attached hydrogens (tertiary/aromatic N) is 2. The first-order valence-electron chi connectivity index (χ1n) is 4.93. The van der Waals surface area contributed by atoms with E-state index in [2.05, 4.69) is 5.10 Å². The van der Waals surface area contributed by atoms with E-state index in [4.69, 9.17) is 10.5 Å². The second-order valence-electron chi connectivity index (χ2n) is 3.89. The molecule has 5 heteroatoms. The number of esters is 1. The second kappa shape index (κ2) is 4.82. The van der Waals surface area contributed by atoms with Gasteiger partial charge in [-0.25, -0.2) is 4.79 Å². The molecule has 0 spiro atoms. The van der Waals surface area contributed by atoms with Gasteiger partial charge in [-0.2, -0.15) is 5.10 Å². The van der Waals surface area contributed by atoms with E-state index in [1.165, 1.54) is 7.11 Å². The quantitative estimate of drug-likeness (QED) is 0.760. The van der Waals surface area contributed by atoms with Crippen LogP contribution in [0.1, 0.15) is 26.3 Å². The number of rotatable bonds is 4. The van der Waals surface area contributed by atoms with E-state index in [9.17, 15) is 4.79 Å². The smallest absolute Gasteiger partial charge is 0.330 e. The highest BCUT2D eigenvalue weighted by atomic mass is 16.5. The van der Waals surface area contributed by atoms with Crippen LogP contribution in [-0.2, 0) is 9.53 Å². The zero-order valence-corrected chi connectivity index (χ0v) is 9.30. The molecule has 1 unspecified atom stereocenters. The van der Waals surface area contributed by atoms with Crippen molar-refractivity contribution in [3.63, 3.8) is 0 Å². The van der Waals surface area contributed by atoms with Gasteiger partial charge in [-0.3, -0.25) is 4.68 Å². The number of methoxy groups -OCH3 is 1. The molecule has 84 valence electrons. The molecule has 1 rings (SSSR count). The van der Waals surface area contributed by atoms with Crippen molar-refractivity contribution in [2.24, 2.45) is 5.92 Å². The van der Waals surface area contributed by atoms with Gasteiger partial charge in [-0.05, 0) is 18.4 Å². The first-order chi connectivity index (χ1) is 7.04. The van der Waals surface area contributed by atoms with E-state index >= 15 is 0 Å². The maximum Gasteiger partial charge on any atom is 0.330 e. The minimum absolute atomic E-state index is 0.285. The monoisotopic (exact) mass is 211 g/mol. The van der Waals surface area contributed by atoms with Crippen molar-refractivity contribution >= 4 is 11.8 Å². The Morgan fingerprint density at radius 1 is 1.67 bits per heavy atom. The first kappa shape index (κ1) is 11.6. The van der Waals surface area contributed by atoms with E-state index in [-0.39, 0.29) is 12.0 Å². The van der Waals surface area contributed by atoms with Gasteiger partial charge < -0.3 is 10.5 Å². The molecule has 1 aromatic rings. The molecule has 0 radical (unpaired) electrons. The van der Waals surface area contributed by atoms with Gasteiger partial charge in [0, 0.05) is 6.20 Å². The van der Waals surface area contributed by atoms with E-state index in [1.807, 2.05) is 13.8 Å². The Labute approximate surface area is 89.2 Å². The lowest BCUT2D eigenvalue weighted by atomic mass is 10.0. The molecule has 1 atom stereocenters. The molecule has 15 heavy (non-hydrogen) atoms. The van der Waals surface area contributed by atoms with Crippen molar-refractivity contribution in [2.75, 3.05) is 12.8 Å². The number of hydrogen-bond acceptors (Lipinski definition) is 4. The van der Waals surface area contributed by atoms with E-state index in [0.717, 1.165) is 0 Å². The SMILES string of the molecule is COC(=O)C(CC(C)C)n1ccc(N)n1. The Kier molecular flexibility index (Phi) is 3.71. The van der Waals surface area contributed by atoms with Crippen molar-refractivity contribution in [1.82, 2.24) is 9.78 Å². The van der Waals surface area contributed by atoms with Crippen LogP contribution in [0.3, 0.4) is 0 Å². The Morgan fingerprint density at radius 3 is 2.73 bits per heavy atom. The predicted octanol–water partition coefficient (Wildman–Crippen LogP) is 1.23. The molecule has 0 aliphatic carbocycles. The Hall–Kier alpha value is -1.52. The summed E-state index contributed by atoms with van der Waals surface area (Å²) in [7, 11) is 1.38. The molecular weight excluding hydrogens is 194 g/mol. The number of anilines is 1. The van der Waals surface area contributed by atoms with Crippen LogP contribution in [0.4, 0.5) is 5.82 Å². The number of hydrogen-bond donors (Lipinski definition) is 1. The lowest BCUT2D eigenvalue weighted by Crippen LogP contribution is -2.23. The minimum Gasteiger partial charge on any atom is -0.467 e. The largest absolute Gasteiger partial charge is 0.467 e. The summed E-state index contributed by atoms with van der Waals surface area (Å²) in [6, 6.07) is 1.28. The fraction of sp³-hybridized carbons (Fsp3) is 0.600. The molecule has 0 fully saturated rings. The van der Waals surface area contributed by atoms with Gasteiger partial charge in [0.2, 0.25) is 0 Å². The van der Waals surface area contributed by atoms with Crippen molar-refractivity contribution in [3.05, 3.63) is 12.3 Å². The highest BCUT2D eigenvalue weighted by Crippen LogP contribution is 2.18. The summed E-state index contributed by atoms with van der Waals surface area (Å²) in [5.41, 5.74) is 5.50. The maximum absolute atomic E-state index is 11.5. The molecule has 2 N–H and O–H groups in total. The van der Waals surface area contributed by atoms with Gasteiger partial charge in [0.05, 0.1) is 7.11 Å². The molecule has 0 bridgehead atoms. The molecular formula is C10H17N3O2. The van der Waals surface area contributed by atoms with Gasteiger partial charge in [0.15, 0.2) is 0 Å². The zero-order valence-electron chi connectivity index (χ0n) is 9.30. The highest BCUT2D eigenvalue weighted by molar-refractivity contribution is 5.74. The zero-order chi connectivity index (χ0) is 11.4. The lowest BCUT2D eigenvalue weighted by molar-refractivity contribution is -0.145. The predicted molar refractivity (Wildman–Crippen MR) is 57.1 cm³/mol. The maximum atomic E-state index is 11.5. The number of aromatic nitrogens is 2. The molecule has 0 aliphatic rings. The third kappa shape index (κ3) is 2.97. The summed E-state index contributed by atoms with van der Waals surface area (Å²) >= 11 is 0. The lowest BCUT2D eigenvalue weighted by Gasteiger charge is -2.16. The summed E-state index contributed by atoms with van der Waals surface area (Å²) in [5, 5.41) is 4.03. The molecule has 0 saturated carbocycles. The molecule has 0 saturated heterocycles. The van der Waals surface area contributed by atoms with E-state index < -0.39 is 0 Å². The van der Waals surface area contributed by atoms with Gasteiger partial charge in [-0.1, -0.05) is 13.8 Å². The average Bonchev–Trinajstić information content (AvgIpc) is 2.59. The second-order valence-corrected chi connectivity index (χ2v) is 3.89. The van der Waals surface area contributed by atoms with Crippen LogP contribution in [0.15, 0.2) is 12.3 Å². The van der Waals surface area contributed by atoms with Crippen LogP contribution in [-0.4, -0.2) is 22.9 Å². The van der Waals surface area contributed by atoms with Gasteiger partial charge in [-0.15, -0.1) is 0 Å². The van der Waals surface area contributed by atoms with Crippen molar-refractivity contribution in [3.8, 4) is 0 Å². The number of carbonyl (C=O) groups is 1. The van der Waals surface area contributed by atoms with Crippen LogP contribution in [0.2, 0.25) is 0 Å². The fourth-order valence-corrected chi connectivity index (χ4v) is 1.42. The van der Waals surface area contributed by atoms with Gasteiger partial charge in [0.1, 0.15) is 11.9 Å². The number of carbonyl (C=O) groups excluding carboxylic acids is 1. The third-order valence-electron chi connectivity index (χ3n) is 2.12. The standard InChI is InChI=1S/C10H17N3O2/c1-7(2)6-8(10(14)15-3)13-5-4-9(11)12-13/h4-5,7-8H,6H2,1-3H3,(H2,11,12). The highest BCUT2D eigenvalue weighted by Gasteiger charge is 2.22. The summed E-state index contributed by atoms with van der Waals surface area (Å²) in [6.45, 7) is 4.09. The minimum atomic E-state index is -0.382. The topological polar surface area (TPSA) is 70.1 Å². The van der Waals surface area contributed by atoms with Crippen LogP contribution >= 0.6 is 0 Å². The molecule has 0 amide bonds. The summed E-state index contributed by atoms with van der Waals surface area (Å²) in [5.74, 6) is 0.513. The normalized spacial score (nSPS) is 12.8. The van der Waals surface area contributed by atoms with Crippen molar-refractivity contribution in [2.45, 2.75) is 26.3 Å². The van der Waals surface area contributed by atoms with Crippen LogP contribution in [0.25, 0.3) is 0 Å².